The van der Waals surface area contributed by atoms with Gasteiger partial charge in [0.2, 0.25) is 5.78 Å². The lowest BCUT2D eigenvalue weighted by atomic mass is 10.2. The van der Waals surface area contributed by atoms with E-state index in [1.807, 2.05) is 5.38 Å². The Balaban J connectivity index is 2.42. The summed E-state index contributed by atoms with van der Waals surface area (Å²) in [4.78, 5) is 12.5. The second-order valence-corrected chi connectivity index (χ2v) is 5.09. The van der Waals surface area contributed by atoms with E-state index in [0.717, 1.165) is 8.95 Å². The molecule has 2 aromatic rings. The molecule has 0 amide bonds. The predicted octanol–water partition coefficient (Wildman–Crippen LogP) is 4.10. The van der Waals surface area contributed by atoms with Gasteiger partial charge in [0.1, 0.15) is 6.26 Å². The van der Waals surface area contributed by atoms with Gasteiger partial charge in [0.15, 0.2) is 0 Å². The molecule has 0 aliphatic carbocycles. The summed E-state index contributed by atoms with van der Waals surface area (Å²) in [5.74, 6) is -0.0266. The van der Waals surface area contributed by atoms with Crippen LogP contribution in [0.3, 0.4) is 0 Å². The SMILES string of the molecule is O=C(c1ccoc1)c1scc(Br)c1Br. The van der Waals surface area contributed by atoms with E-state index in [1.54, 1.807) is 6.07 Å². The molecule has 0 saturated carbocycles. The standard InChI is InChI=1S/C9H4Br2O2S/c10-6-4-14-9(7(6)11)8(12)5-1-2-13-3-5/h1-4H. The summed E-state index contributed by atoms with van der Waals surface area (Å²) in [6, 6.07) is 1.66. The van der Waals surface area contributed by atoms with Crippen LogP contribution in [-0.4, -0.2) is 5.78 Å². The number of rotatable bonds is 2. The molecule has 0 atom stereocenters. The molecule has 0 aliphatic rings. The topological polar surface area (TPSA) is 30.2 Å². The smallest absolute Gasteiger partial charge is 0.207 e. The third kappa shape index (κ3) is 1.71. The monoisotopic (exact) mass is 334 g/mol. The number of carbonyl (C=O) groups is 1. The number of hydrogen-bond donors (Lipinski definition) is 0. The van der Waals surface area contributed by atoms with E-state index in [2.05, 4.69) is 31.9 Å². The molecule has 2 aromatic heterocycles. The molecule has 0 radical (unpaired) electrons. The quantitative estimate of drug-likeness (QED) is 0.773. The fraction of sp³-hybridized carbons (Fsp3) is 0. The Morgan fingerprint density at radius 1 is 1.43 bits per heavy atom. The van der Waals surface area contributed by atoms with Crippen molar-refractivity contribution in [3.05, 3.63) is 43.4 Å². The zero-order chi connectivity index (χ0) is 10.1. The number of carbonyl (C=O) groups excluding carboxylic acids is 1. The van der Waals surface area contributed by atoms with Gasteiger partial charge in [-0.1, -0.05) is 0 Å². The molecule has 14 heavy (non-hydrogen) atoms. The van der Waals surface area contributed by atoms with Crippen molar-refractivity contribution in [2.45, 2.75) is 0 Å². The highest BCUT2D eigenvalue weighted by atomic mass is 79.9. The first-order valence-electron chi connectivity index (χ1n) is 3.69. The minimum Gasteiger partial charge on any atom is -0.472 e. The minimum absolute atomic E-state index is 0.0266. The van der Waals surface area contributed by atoms with Crippen LogP contribution in [0.2, 0.25) is 0 Å². The number of hydrogen-bond acceptors (Lipinski definition) is 3. The third-order valence-electron chi connectivity index (χ3n) is 1.68. The van der Waals surface area contributed by atoms with Crippen LogP contribution in [0, 0.1) is 0 Å². The van der Waals surface area contributed by atoms with Crippen LogP contribution < -0.4 is 0 Å². The van der Waals surface area contributed by atoms with Crippen molar-refractivity contribution in [2.24, 2.45) is 0 Å². The van der Waals surface area contributed by atoms with Crippen molar-refractivity contribution in [3.8, 4) is 0 Å². The third-order valence-corrected chi connectivity index (χ3v) is 5.20. The Bertz CT molecular complexity index is 459. The van der Waals surface area contributed by atoms with Crippen LogP contribution >= 0.6 is 43.2 Å². The second-order valence-electron chi connectivity index (χ2n) is 2.57. The predicted molar refractivity (Wildman–Crippen MR) is 61.9 cm³/mol. The first-order chi connectivity index (χ1) is 6.70. The van der Waals surface area contributed by atoms with Gasteiger partial charge in [0.25, 0.3) is 0 Å². The highest BCUT2D eigenvalue weighted by molar-refractivity contribution is 9.13. The summed E-state index contributed by atoms with van der Waals surface area (Å²) in [5.41, 5.74) is 0.569. The van der Waals surface area contributed by atoms with Gasteiger partial charge < -0.3 is 4.42 Å². The van der Waals surface area contributed by atoms with E-state index < -0.39 is 0 Å². The molecule has 0 bridgehead atoms. The fourth-order valence-corrected chi connectivity index (χ4v) is 3.11. The van der Waals surface area contributed by atoms with Gasteiger partial charge in [-0.25, -0.2) is 0 Å². The first-order valence-corrected chi connectivity index (χ1v) is 6.16. The number of thiophene rings is 1. The second kappa shape index (κ2) is 4.00. The van der Waals surface area contributed by atoms with E-state index in [0.29, 0.717) is 10.4 Å². The average molecular weight is 336 g/mol. The summed E-state index contributed by atoms with van der Waals surface area (Å²) < 4.78 is 6.56. The molecule has 0 unspecified atom stereocenters. The molecule has 0 N–H and O–H groups in total. The van der Waals surface area contributed by atoms with Crippen molar-refractivity contribution < 1.29 is 9.21 Å². The maximum Gasteiger partial charge on any atom is 0.207 e. The summed E-state index contributed by atoms with van der Waals surface area (Å²) in [5, 5.41) is 1.87. The molecule has 0 aromatic carbocycles. The van der Waals surface area contributed by atoms with E-state index in [4.69, 9.17) is 4.42 Å². The van der Waals surface area contributed by atoms with Crippen LogP contribution in [0.5, 0.6) is 0 Å². The lowest BCUT2D eigenvalue weighted by Gasteiger charge is -1.93. The van der Waals surface area contributed by atoms with Gasteiger partial charge in [0, 0.05) is 9.85 Å². The van der Waals surface area contributed by atoms with Crippen LogP contribution in [0.1, 0.15) is 15.2 Å². The highest BCUT2D eigenvalue weighted by Gasteiger charge is 2.17. The largest absolute Gasteiger partial charge is 0.472 e. The van der Waals surface area contributed by atoms with Gasteiger partial charge >= 0.3 is 0 Å². The molecule has 0 spiro atoms. The Labute approximate surface area is 101 Å². The van der Waals surface area contributed by atoms with Crippen LogP contribution in [0.25, 0.3) is 0 Å². The molecule has 72 valence electrons. The fourth-order valence-electron chi connectivity index (χ4n) is 1.00. The lowest BCUT2D eigenvalue weighted by Crippen LogP contribution is -1.96. The minimum atomic E-state index is -0.0266. The molecular formula is C9H4Br2O2S. The van der Waals surface area contributed by atoms with Crippen LogP contribution in [0.4, 0.5) is 0 Å². The van der Waals surface area contributed by atoms with Gasteiger partial charge in [-0.05, 0) is 37.9 Å². The van der Waals surface area contributed by atoms with E-state index in [9.17, 15) is 4.79 Å². The molecular weight excluding hydrogens is 332 g/mol. The molecule has 2 rings (SSSR count). The van der Waals surface area contributed by atoms with Crippen molar-refractivity contribution in [1.29, 1.82) is 0 Å². The summed E-state index contributed by atoms with van der Waals surface area (Å²) >= 11 is 8.08. The number of furan rings is 1. The van der Waals surface area contributed by atoms with Gasteiger partial charge in [-0.2, -0.15) is 0 Å². The highest BCUT2D eigenvalue weighted by Crippen LogP contribution is 2.33. The summed E-state index contributed by atoms with van der Waals surface area (Å²) in [6.45, 7) is 0. The molecule has 0 fully saturated rings. The Kier molecular flexibility index (Phi) is 2.90. The van der Waals surface area contributed by atoms with E-state index in [-0.39, 0.29) is 5.78 Å². The summed E-state index contributed by atoms with van der Waals surface area (Å²) in [6.07, 6.45) is 2.94. The van der Waals surface area contributed by atoms with Crippen LogP contribution in [-0.2, 0) is 0 Å². The Morgan fingerprint density at radius 3 is 2.71 bits per heavy atom. The molecule has 0 aliphatic heterocycles. The number of halogens is 2. The molecule has 0 saturated heterocycles. The maximum atomic E-state index is 11.8. The molecule has 5 heteroatoms. The van der Waals surface area contributed by atoms with Gasteiger partial charge in [-0.3, -0.25) is 4.79 Å². The summed E-state index contributed by atoms with van der Waals surface area (Å²) in [7, 11) is 0. The van der Waals surface area contributed by atoms with Crippen molar-refractivity contribution >= 4 is 49.0 Å². The Hall–Kier alpha value is -0.390. The van der Waals surface area contributed by atoms with E-state index in [1.165, 1.54) is 23.9 Å². The van der Waals surface area contributed by atoms with Crippen molar-refractivity contribution in [2.75, 3.05) is 0 Å². The normalized spacial score (nSPS) is 10.4. The van der Waals surface area contributed by atoms with Gasteiger partial charge in [0.05, 0.1) is 21.2 Å². The van der Waals surface area contributed by atoms with Crippen LogP contribution in [0.15, 0.2) is 37.3 Å². The average Bonchev–Trinajstić information content (AvgIpc) is 2.77. The van der Waals surface area contributed by atoms with E-state index >= 15 is 0 Å². The van der Waals surface area contributed by atoms with Crippen molar-refractivity contribution in [1.82, 2.24) is 0 Å². The Morgan fingerprint density at radius 2 is 2.21 bits per heavy atom. The zero-order valence-electron chi connectivity index (χ0n) is 6.79. The molecule has 2 nitrogen and oxygen atoms in total. The number of ketones is 1. The molecule has 2 heterocycles. The zero-order valence-corrected chi connectivity index (χ0v) is 10.8. The lowest BCUT2D eigenvalue weighted by molar-refractivity contribution is 0.104. The maximum absolute atomic E-state index is 11.8. The first kappa shape index (κ1) is 10.1. The van der Waals surface area contributed by atoms with Gasteiger partial charge in [-0.15, -0.1) is 11.3 Å². The van der Waals surface area contributed by atoms with Crippen molar-refractivity contribution in [3.63, 3.8) is 0 Å².